The van der Waals surface area contributed by atoms with Gasteiger partial charge in [0.15, 0.2) is 0 Å². The molecule has 142 valence electrons. The van der Waals surface area contributed by atoms with Crippen molar-refractivity contribution >= 4 is 33.0 Å². The minimum Gasteiger partial charge on any atom is -0.459 e. The maximum absolute atomic E-state index is 6.26. The molecular weight excluding hydrogens is 372 g/mol. The number of benzene rings is 4. The van der Waals surface area contributed by atoms with E-state index >= 15 is 0 Å². The number of ether oxygens (including phenoxy) is 1. The molecule has 0 amide bonds. The van der Waals surface area contributed by atoms with Crippen LogP contribution in [0.5, 0.6) is 6.01 Å². The summed E-state index contributed by atoms with van der Waals surface area (Å²) in [6.45, 7) is 0.522. The second kappa shape index (κ2) is 5.74. The number of aromatic nitrogens is 2. The first-order valence-electron chi connectivity index (χ1n) is 10.0. The Kier molecular flexibility index (Phi) is 3.03. The van der Waals surface area contributed by atoms with Crippen molar-refractivity contribution < 1.29 is 9.15 Å². The molecule has 4 heteroatoms. The van der Waals surface area contributed by atoms with Crippen molar-refractivity contribution in [1.82, 2.24) is 9.55 Å². The monoisotopic (exact) mass is 388 g/mol. The van der Waals surface area contributed by atoms with Gasteiger partial charge in [0.25, 0.3) is 0 Å². The first kappa shape index (κ1) is 15.8. The van der Waals surface area contributed by atoms with Gasteiger partial charge in [0, 0.05) is 21.9 Å². The predicted molar refractivity (Wildman–Crippen MR) is 118 cm³/mol. The quantitative estimate of drug-likeness (QED) is 0.323. The van der Waals surface area contributed by atoms with E-state index in [9.17, 15) is 0 Å². The van der Waals surface area contributed by atoms with Gasteiger partial charge in [-0.05, 0) is 29.8 Å². The summed E-state index contributed by atoms with van der Waals surface area (Å²) in [6, 6.07) is 29.8. The number of rotatable bonds is 1. The van der Waals surface area contributed by atoms with Gasteiger partial charge in [0.05, 0.1) is 16.7 Å². The summed E-state index contributed by atoms with van der Waals surface area (Å²) in [6.07, 6.45) is 0. The van der Waals surface area contributed by atoms with Crippen LogP contribution in [0, 0.1) is 0 Å². The molecule has 0 radical (unpaired) electrons. The Morgan fingerprint density at radius 2 is 1.67 bits per heavy atom. The Morgan fingerprint density at radius 1 is 0.800 bits per heavy atom. The number of fused-ring (bicyclic) bond motifs is 8. The topological polar surface area (TPSA) is 40.2 Å². The van der Waals surface area contributed by atoms with Gasteiger partial charge in [0.1, 0.15) is 17.8 Å². The molecule has 3 heterocycles. The highest BCUT2D eigenvalue weighted by atomic mass is 16.5. The number of imidazole rings is 1. The smallest absolute Gasteiger partial charge is 0.302 e. The zero-order chi connectivity index (χ0) is 19.7. The number of hydrogen-bond acceptors (Lipinski definition) is 3. The molecule has 4 nitrogen and oxygen atoms in total. The Bertz CT molecular complexity index is 1610. The largest absolute Gasteiger partial charge is 0.459 e. The second-order valence-corrected chi connectivity index (χ2v) is 7.63. The van der Waals surface area contributed by atoms with Gasteiger partial charge in [-0.1, -0.05) is 60.7 Å². The van der Waals surface area contributed by atoms with Crippen LogP contribution in [0.2, 0.25) is 0 Å². The Hall–Kier alpha value is -4.05. The molecule has 0 bridgehead atoms. The van der Waals surface area contributed by atoms with E-state index in [4.69, 9.17) is 9.15 Å². The minimum atomic E-state index is 0.522. The number of para-hydroxylation sites is 4. The highest BCUT2D eigenvalue weighted by Gasteiger charge is 2.22. The molecule has 1 aliphatic heterocycles. The lowest BCUT2D eigenvalue weighted by atomic mass is 9.99. The van der Waals surface area contributed by atoms with E-state index in [1.165, 1.54) is 0 Å². The van der Waals surface area contributed by atoms with E-state index < -0.39 is 0 Å². The van der Waals surface area contributed by atoms with Crippen molar-refractivity contribution in [1.29, 1.82) is 0 Å². The van der Waals surface area contributed by atoms with Crippen LogP contribution in [0.1, 0.15) is 5.56 Å². The van der Waals surface area contributed by atoms with Gasteiger partial charge in [-0.15, -0.1) is 0 Å². The van der Waals surface area contributed by atoms with Crippen LogP contribution in [0.3, 0.4) is 0 Å². The molecule has 0 N–H and O–H groups in total. The minimum absolute atomic E-state index is 0.522. The van der Waals surface area contributed by atoms with E-state index in [2.05, 4.69) is 64.1 Å². The normalized spacial score (nSPS) is 12.8. The molecule has 0 atom stereocenters. The molecule has 0 aliphatic carbocycles. The summed E-state index contributed by atoms with van der Waals surface area (Å²) in [7, 11) is 0. The maximum Gasteiger partial charge on any atom is 0.302 e. The predicted octanol–water partition coefficient (Wildman–Crippen LogP) is 6.48. The molecule has 0 fully saturated rings. The lowest BCUT2D eigenvalue weighted by Crippen LogP contribution is -2.12. The third-order valence-corrected chi connectivity index (χ3v) is 5.93. The SMILES string of the molecule is c1ccc2c(c1)nc1n2-c2cc(-c3cccc4c3oc3ccccc34)ccc2CO1. The molecule has 30 heavy (non-hydrogen) atoms. The van der Waals surface area contributed by atoms with E-state index in [0.717, 1.165) is 55.3 Å². The average Bonchev–Trinajstić information content (AvgIpc) is 3.37. The molecule has 0 spiro atoms. The standard InChI is InChI=1S/C26H16N2O2/c1-4-11-24-19(6-1)20-8-5-7-18(25(20)30-24)16-12-13-17-15-29-26-27-21-9-2-3-10-22(21)28(26)23(17)14-16/h1-14H,15H2. The van der Waals surface area contributed by atoms with Crippen molar-refractivity contribution in [3.8, 4) is 22.8 Å². The van der Waals surface area contributed by atoms with Gasteiger partial charge in [-0.2, -0.15) is 4.98 Å². The lowest BCUT2D eigenvalue weighted by Gasteiger charge is -2.20. The number of furan rings is 1. The molecule has 7 rings (SSSR count). The van der Waals surface area contributed by atoms with Crippen LogP contribution in [-0.2, 0) is 6.61 Å². The van der Waals surface area contributed by atoms with Crippen molar-refractivity contribution in [2.75, 3.05) is 0 Å². The zero-order valence-corrected chi connectivity index (χ0v) is 16.0. The summed E-state index contributed by atoms with van der Waals surface area (Å²) < 4.78 is 14.3. The van der Waals surface area contributed by atoms with E-state index in [1.54, 1.807) is 0 Å². The molecule has 0 saturated heterocycles. The first-order chi connectivity index (χ1) is 14.9. The maximum atomic E-state index is 6.26. The van der Waals surface area contributed by atoms with Crippen molar-refractivity contribution in [3.05, 3.63) is 90.5 Å². The summed E-state index contributed by atoms with van der Waals surface area (Å²) in [5.74, 6) is 0. The van der Waals surface area contributed by atoms with E-state index in [-0.39, 0.29) is 0 Å². The third kappa shape index (κ3) is 2.08. The van der Waals surface area contributed by atoms with Gasteiger partial charge >= 0.3 is 6.01 Å². The van der Waals surface area contributed by atoms with Gasteiger partial charge in [-0.3, -0.25) is 4.57 Å². The summed E-state index contributed by atoms with van der Waals surface area (Å²) >= 11 is 0. The molecule has 1 aliphatic rings. The fraction of sp³-hybridized carbons (Fsp3) is 0.0385. The summed E-state index contributed by atoms with van der Waals surface area (Å²) in [5.41, 5.74) is 8.27. The lowest BCUT2D eigenvalue weighted by molar-refractivity contribution is 0.266. The Balaban J connectivity index is 1.50. The molecule has 0 unspecified atom stereocenters. The fourth-order valence-electron chi connectivity index (χ4n) is 4.51. The van der Waals surface area contributed by atoms with Gasteiger partial charge in [0.2, 0.25) is 0 Å². The van der Waals surface area contributed by atoms with Crippen LogP contribution < -0.4 is 4.74 Å². The Morgan fingerprint density at radius 3 is 2.67 bits per heavy atom. The first-order valence-corrected chi connectivity index (χ1v) is 10.0. The average molecular weight is 388 g/mol. The highest BCUT2D eigenvalue weighted by Crippen LogP contribution is 2.39. The number of hydrogen-bond donors (Lipinski definition) is 0. The van der Waals surface area contributed by atoms with Crippen LogP contribution in [0.4, 0.5) is 0 Å². The van der Waals surface area contributed by atoms with Crippen LogP contribution >= 0.6 is 0 Å². The molecule has 6 aromatic rings. The Labute approximate surface area is 171 Å². The van der Waals surface area contributed by atoms with Gasteiger partial charge in [-0.25, -0.2) is 0 Å². The van der Waals surface area contributed by atoms with Crippen LogP contribution in [-0.4, -0.2) is 9.55 Å². The number of nitrogens with zero attached hydrogens (tertiary/aromatic N) is 2. The van der Waals surface area contributed by atoms with Gasteiger partial charge < -0.3 is 9.15 Å². The molecule has 4 aromatic carbocycles. The fourth-order valence-corrected chi connectivity index (χ4v) is 4.51. The molecular formula is C26H16N2O2. The van der Waals surface area contributed by atoms with E-state index in [1.807, 2.05) is 30.3 Å². The van der Waals surface area contributed by atoms with Crippen molar-refractivity contribution in [2.24, 2.45) is 0 Å². The highest BCUT2D eigenvalue weighted by molar-refractivity contribution is 6.09. The van der Waals surface area contributed by atoms with Crippen LogP contribution in [0.15, 0.2) is 89.3 Å². The molecule has 0 saturated carbocycles. The molecule has 2 aromatic heterocycles. The van der Waals surface area contributed by atoms with E-state index in [0.29, 0.717) is 12.6 Å². The third-order valence-electron chi connectivity index (χ3n) is 5.93. The summed E-state index contributed by atoms with van der Waals surface area (Å²) in [4.78, 5) is 4.66. The second-order valence-electron chi connectivity index (χ2n) is 7.63. The van der Waals surface area contributed by atoms with Crippen LogP contribution in [0.25, 0.3) is 49.8 Å². The van der Waals surface area contributed by atoms with Crippen molar-refractivity contribution in [2.45, 2.75) is 6.61 Å². The summed E-state index contributed by atoms with van der Waals surface area (Å²) in [5, 5.41) is 2.28. The van der Waals surface area contributed by atoms with Crippen molar-refractivity contribution in [3.63, 3.8) is 0 Å². The zero-order valence-electron chi connectivity index (χ0n) is 16.0.